The Morgan fingerprint density at radius 2 is 1.73 bits per heavy atom. The minimum Gasteiger partial charge on any atom is -0.456 e. The quantitative estimate of drug-likeness (QED) is 0.399. The highest BCUT2D eigenvalue weighted by Gasteiger charge is 2.13. The van der Waals surface area contributed by atoms with Gasteiger partial charge in [-0.3, -0.25) is 4.79 Å². The molecule has 0 aromatic heterocycles. The summed E-state index contributed by atoms with van der Waals surface area (Å²) in [5.41, 5.74) is 9.17. The molecule has 0 aliphatic rings. The Balaban J connectivity index is 0.00000101. The van der Waals surface area contributed by atoms with Crippen LogP contribution in [0.25, 0.3) is 0 Å². The first-order valence-electron chi connectivity index (χ1n) is 8.86. The van der Waals surface area contributed by atoms with E-state index in [1.165, 1.54) is 5.56 Å². The molecule has 3 aromatic rings. The molecule has 0 saturated carbocycles. The molecule has 1 amide bonds. The molecular weight excluding hydrogens is 487 g/mol. The van der Waals surface area contributed by atoms with E-state index >= 15 is 0 Å². The smallest absolute Gasteiger partial charge is 0.204 e. The Bertz CT molecular complexity index is 1110. The van der Waals surface area contributed by atoms with Gasteiger partial charge in [0.25, 0.3) is 0 Å². The molecule has 0 unspecified atom stereocenters. The van der Waals surface area contributed by atoms with Crippen molar-refractivity contribution < 1.29 is 9.53 Å². The minimum atomic E-state index is 0.250. The first-order valence-corrected chi connectivity index (χ1v) is 10.4. The molecule has 0 heterocycles. The van der Waals surface area contributed by atoms with Crippen molar-refractivity contribution in [3.8, 4) is 17.6 Å². The van der Waals surface area contributed by atoms with E-state index in [0.29, 0.717) is 22.1 Å². The second-order valence-electron chi connectivity index (χ2n) is 6.43. The summed E-state index contributed by atoms with van der Waals surface area (Å²) < 4.78 is 6.93. The van der Waals surface area contributed by atoms with Gasteiger partial charge < -0.3 is 10.5 Å². The van der Waals surface area contributed by atoms with E-state index in [9.17, 15) is 0 Å². The van der Waals surface area contributed by atoms with E-state index in [-0.39, 0.29) is 6.41 Å². The molecule has 0 spiro atoms. The number of amides is 1. The SMILES string of the molecule is Cc1cc(Cl)ccc1Cc1ccc(Br)c(Oc2cc(Cl)cc(C#N)c2)c1C.NC=O. The third kappa shape index (κ3) is 6.24. The average molecular weight is 506 g/mol. The van der Waals surface area contributed by atoms with Crippen LogP contribution >= 0.6 is 39.1 Å². The lowest BCUT2D eigenvalue weighted by Crippen LogP contribution is -1.98. The fraction of sp³-hybridized carbons (Fsp3) is 0.130. The molecule has 3 aromatic carbocycles. The van der Waals surface area contributed by atoms with Gasteiger partial charge in [-0.2, -0.15) is 5.26 Å². The number of hydrogen-bond donors (Lipinski definition) is 1. The summed E-state index contributed by atoms with van der Waals surface area (Å²) in [6.45, 7) is 4.08. The molecule has 0 bridgehead atoms. The first kappa shape index (κ1) is 23.8. The molecule has 7 heteroatoms. The third-order valence-electron chi connectivity index (χ3n) is 4.38. The van der Waals surface area contributed by atoms with Crippen molar-refractivity contribution >= 4 is 45.5 Å². The topological polar surface area (TPSA) is 76.1 Å². The summed E-state index contributed by atoms with van der Waals surface area (Å²) in [4.78, 5) is 8.58. The van der Waals surface area contributed by atoms with Crippen LogP contribution in [0.1, 0.15) is 27.8 Å². The molecule has 30 heavy (non-hydrogen) atoms. The number of halogens is 3. The van der Waals surface area contributed by atoms with Crippen LogP contribution in [0.15, 0.2) is 53.0 Å². The Kier molecular flexibility index (Phi) is 8.73. The molecule has 0 saturated heterocycles. The van der Waals surface area contributed by atoms with Gasteiger partial charge in [-0.1, -0.05) is 35.3 Å². The van der Waals surface area contributed by atoms with Crippen LogP contribution in [0.2, 0.25) is 10.0 Å². The molecule has 0 aliphatic carbocycles. The number of aryl methyl sites for hydroxylation is 1. The van der Waals surface area contributed by atoms with Crippen LogP contribution in [0.4, 0.5) is 0 Å². The highest BCUT2D eigenvalue weighted by Crippen LogP contribution is 2.37. The van der Waals surface area contributed by atoms with Crippen molar-refractivity contribution in [1.29, 1.82) is 5.26 Å². The lowest BCUT2D eigenvalue weighted by Gasteiger charge is -2.16. The van der Waals surface area contributed by atoms with Crippen molar-refractivity contribution in [2.75, 3.05) is 0 Å². The van der Waals surface area contributed by atoms with Gasteiger partial charge in [-0.05, 0) is 94.9 Å². The maximum absolute atomic E-state index is 9.13. The molecular formula is C23H19BrCl2N2O2. The van der Waals surface area contributed by atoms with E-state index in [4.69, 9.17) is 38.0 Å². The number of carbonyl (C=O) groups is 1. The van der Waals surface area contributed by atoms with Gasteiger partial charge in [-0.25, -0.2) is 0 Å². The first-order chi connectivity index (χ1) is 14.3. The van der Waals surface area contributed by atoms with Crippen molar-refractivity contribution in [1.82, 2.24) is 0 Å². The Morgan fingerprint density at radius 1 is 1.07 bits per heavy atom. The molecule has 0 aliphatic heterocycles. The van der Waals surface area contributed by atoms with Crippen LogP contribution in [-0.4, -0.2) is 6.41 Å². The number of nitriles is 1. The van der Waals surface area contributed by atoms with Gasteiger partial charge in [0.05, 0.1) is 16.1 Å². The number of carbonyl (C=O) groups excluding carboxylic acids is 1. The molecule has 0 atom stereocenters. The van der Waals surface area contributed by atoms with Crippen molar-refractivity contribution in [3.63, 3.8) is 0 Å². The van der Waals surface area contributed by atoms with E-state index in [2.05, 4.69) is 46.8 Å². The monoisotopic (exact) mass is 504 g/mol. The molecule has 0 fully saturated rings. The molecule has 154 valence electrons. The largest absolute Gasteiger partial charge is 0.456 e. The van der Waals surface area contributed by atoms with Gasteiger partial charge >= 0.3 is 0 Å². The van der Waals surface area contributed by atoms with Crippen LogP contribution < -0.4 is 10.5 Å². The van der Waals surface area contributed by atoms with Crippen LogP contribution in [0, 0.1) is 25.2 Å². The highest BCUT2D eigenvalue weighted by molar-refractivity contribution is 9.10. The summed E-state index contributed by atoms with van der Waals surface area (Å²) in [7, 11) is 0. The maximum Gasteiger partial charge on any atom is 0.204 e. The number of rotatable bonds is 4. The zero-order valence-corrected chi connectivity index (χ0v) is 19.5. The van der Waals surface area contributed by atoms with E-state index in [0.717, 1.165) is 32.6 Å². The van der Waals surface area contributed by atoms with E-state index in [1.807, 2.05) is 25.1 Å². The fourth-order valence-corrected chi connectivity index (χ4v) is 3.85. The average Bonchev–Trinajstić information content (AvgIpc) is 2.69. The second-order valence-corrected chi connectivity index (χ2v) is 8.16. The molecule has 0 radical (unpaired) electrons. The van der Waals surface area contributed by atoms with Crippen LogP contribution in [0.5, 0.6) is 11.5 Å². The zero-order chi connectivity index (χ0) is 22.3. The van der Waals surface area contributed by atoms with Gasteiger partial charge in [-0.15, -0.1) is 0 Å². The summed E-state index contributed by atoms with van der Waals surface area (Å²) in [5.74, 6) is 1.24. The Morgan fingerprint density at radius 3 is 2.37 bits per heavy atom. The number of nitrogens with two attached hydrogens (primary N) is 1. The maximum atomic E-state index is 9.13. The standard InChI is InChI=1S/C22H16BrCl2NO.CH3NO/c1-13-7-18(24)5-3-16(13)10-17-4-6-21(23)22(14(17)2)27-20-9-15(12-26)8-19(25)11-20;2-1-3/h3-9,11H,10H2,1-2H3;1H,(H2,2,3). The Hall–Kier alpha value is -2.52. The molecule has 3 rings (SSSR count). The summed E-state index contributed by atoms with van der Waals surface area (Å²) in [5, 5.41) is 10.3. The number of primary amides is 1. The van der Waals surface area contributed by atoms with Crippen LogP contribution in [-0.2, 0) is 11.2 Å². The number of benzene rings is 3. The van der Waals surface area contributed by atoms with Crippen LogP contribution in [0.3, 0.4) is 0 Å². The fourth-order valence-electron chi connectivity index (χ4n) is 2.88. The predicted molar refractivity (Wildman–Crippen MR) is 124 cm³/mol. The molecule has 2 N–H and O–H groups in total. The van der Waals surface area contributed by atoms with Gasteiger partial charge in [0.2, 0.25) is 6.41 Å². The summed E-state index contributed by atoms with van der Waals surface area (Å²) >= 11 is 15.7. The van der Waals surface area contributed by atoms with Gasteiger partial charge in [0.1, 0.15) is 11.5 Å². The van der Waals surface area contributed by atoms with E-state index in [1.54, 1.807) is 18.2 Å². The number of hydrogen-bond acceptors (Lipinski definition) is 3. The van der Waals surface area contributed by atoms with Gasteiger partial charge in [0, 0.05) is 10.0 Å². The lowest BCUT2D eigenvalue weighted by molar-refractivity contribution is -0.106. The predicted octanol–water partition coefficient (Wildman–Crippen LogP) is 6.73. The summed E-state index contributed by atoms with van der Waals surface area (Å²) in [6, 6.07) is 17.1. The summed E-state index contributed by atoms with van der Waals surface area (Å²) in [6.07, 6.45) is 1.03. The number of nitrogens with zero attached hydrogens (tertiary/aromatic N) is 1. The number of ether oxygens (including phenoxy) is 1. The normalized spacial score (nSPS) is 9.87. The zero-order valence-electron chi connectivity index (χ0n) is 16.4. The molecule has 4 nitrogen and oxygen atoms in total. The van der Waals surface area contributed by atoms with E-state index < -0.39 is 0 Å². The van der Waals surface area contributed by atoms with Crippen molar-refractivity contribution in [2.24, 2.45) is 5.73 Å². The van der Waals surface area contributed by atoms with Crippen molar-refractivity contribution in [2.45, 2.75) is 20.3 Å². The second kappa shape index (κ2) is 11.0. The van der Waals surface area contributed by atoms with Gasteiger partial charge in [0.15, 0.2) is 0 Å². The lowest BCUT2D eigenvalue weighted by atomic mass is 9.97. The van der Waals surface area contributed by atoms with Crippen molar-refractivity contribution in [3.05, 3.63) is 90.9 Å². The highest BCUT2D eigenvalue weighted by atomic mass is 79.9. The Labute approximate surface area is 194 Å². The minimum absolute atomic E-state index is 0.250. The third-order valence-corrected chi connectivity index (χ3v) is 5.45.